The van der Waals surface area contributed by atoms with Gasteiger partial charge in [0.2, 0.25) is 0 Å². The number of aliphatic hydroxyl groups excluding tert-OH is 1. The molecule has 2 aromatic rings. The first-order valence-electron chi connectivity index (χ1n) is 7.15. The normalized spacial score (nSPS) is 23.0. The summed E-state index contributed by atoms with van der Waals surface area (Å²) in [4.78, 5) is 0. The molecule has 1 aliphatic rings. The van der Waals surface area contributed by atoms with Crippen LogP contribution in [-0.4, -0.2) is 51.1 Å². The Bertz CT molecular complexity index is 803. The van der Waals surface area contributed by atoms with Gasteiger partial charge in [0.1, 0.15) is 0 Å². The molecule has 122 valence electrons. The highest BCUT2D eigenvalue weighted by molar-refractivity contribution is 8.01. The van der Waals surface area contributed by atoms with Gasteiger partial charge in [-0.05, 0) is 0 Å². The monoisotopic (exact) mass is 351 g/mol. The van der Waals surface area contributed by atoms with Crippen LogP contribution in [0, 0.1) is 0 Å². The maximum atomic E-state index is 11.6. The number of nitrogens with zero attached hydrogens (tertiary/aromatic N) is 3. The molecule has 3 rings (SSSR count). The fourth-order valence-electron chi connectivity index (χ4n) is 2.52. The van der Waals surface area contributed by atoms with E-state index in [2.05, 4.69) is 16.8 Å². The quantitative estimate of drug-likeness (QED) is 0.819. The molecule has 0 radical (unpaired) electrons. The topological polar surface area (TPSA) is 85.1 Å². The van der Waals surface area contributed by atoms with Crippen LogP contribution >= 0.6 is 11.8 Å². The van der Waals surface area contributed by atoms with Crippen LogP contribution in [0.1, 0.15) is 0 Å². The van der Waals surface area contributed by atoms with Gasteiger partial charge in [-0.3, -0.25) is 4.57 Å². The Morgan fingerprint density at radius 3 is 2.65 bits per heavy atom. The lowest BCUT2D eigenvalue weighted by atomic mass is 10.2. The highest BCUT2D eigenvalue weighted by Gasteiger charge is 2.38. The van der Waals surface area contributed by atoms with E-state index in [-0.39, 0.29) is 11.5 Å². The summed E-state index contributed by atoms with van der Waals surface area (Å²) in [5.74, 6) is 0.468. The third-order valence-electron chi connectivity index (χ3n) is 3.59. The summed E-state index contributed by atoms with van der Waals surface area (Å²) in [7, 11) is -3.18. The van der Waals surface area contributed by atoms with Crippen molar-refractivity contribution in [3.63, 3.8) is 0 Å². The van der Waals surface area contributed by atoms with Gasteiger partial charge >= 0.3 is 0 Å². The van der Waals surface area contributed by atoms with Crippen LogP contribution in [0.4, 0.5) is 0 Å². The zero-order valence-electron chi connectivity index (χ0n) is 12.4. The Kier molecular flexibility index (Phi) is 4.56. The molecule has 0 aliphatic carbocycles. The van der Waals surface area contributed by atoms with Crippen LogP contribution in [0.15, 0.2) is 48.1 Å². The summed E-state index contributed by atoms with van der Waals surface area (Å²) in [6, 6.07) is 9.64. The minimum Gasteiger partial charge on any atom is -0.391 e. The van der Waals surface area contributed by atoms with Gasteiger partial charge in [0.25, 0.3) is 0 Å². The lowest BCUT2D eigenvalue weighted by molar-refractivity contribution is 0.207. The number of aliphatic hydroxyl groups is 1. The van der Waals surface area contributed by atoms with Gasteiger partial charge in [-0.1, -0.05) is 48.2 Å². The van der Waals surface area contributed by atoms with Crippen molar-refractivity contribution in [3.05, 3.63) is 43.0 Å². The number of thioether (sulfide) groups is 1. The molecule has 2 atom stereocenters. The third kappa shape index (κ3) is 3.49. The molecule has 6 nitrogen and oxygen atoms in total. The minimum atomic E-state index is -3.18. The Morgan fingerprint density at radius 1 is 1.30 bits per heavy atom. The van der Waals surface area contributed by atoms with Crippen LogP contribution in [0.25, 0.3) is 11.4 Å². The molecule has 23 heavy (non-hydrogen) atoms. The van der Waals surface area contributed by atoms with E-state index in [0.717, 1.165) is 5.56 Å². The van der Waals surface area contributed by atoms with Crippen molar-refractivity contribution in [2.45, 2.75) is 23.1 Å². The van der Waals surface area contributed by atoms with E-state index in [1.165, 1.54) is 11.8 Å². The van der Waals surface area contributed by atoms with E-state index in [4.69, 9.17) is 0 Å². The van der Waals surface area contributed by atoms with Crippen LogP contribution < -0.4 is 0 Å². The van der Waals surface area contributed by atoms with E-state index in [1.807, 2.05) is 34.9 Å². The second-order valence-electron chi connectivity index (χ2n) is 5.37. The number of benzene rings is 1. The van der Waals surface area contributed by atoms with Gasteiger partial charge in [-0.2, -0.15) is 0 Å². The van der Waals surface area contributed by atoms with Gasteiger partial charge in [-0.25, -0.2) is 8.42 Å². The van der Waals surface area contributed by atoms with Crippen LogP contribution in [0.3, 0.4) is 0 Å². The molecule has 0 spiro atoms. The average molecular weight is 351 g/mol. The zero-order valence-corrected chi connectivity index (χ0v) is 14.0. The predicted octanol–water partition coefficient (Wildman–Crippen LogP) is 1.38. The van der Waals surface area contributed by atoms with E-state index in [9.17, 15) is 13.5 Å². The summed E-state index contributed by atoms with van der Waals surface area (Å²) >= 11 is 1.26. The van der Waals surface area contributed by atoms with E-state index >= 15 is 0 Å². The summed E-state index contributed by atoms with van der Waals surface area (Å²) in [5, 5.41) is 18.5. The Labute approximate surface area is 139 Å². The van der Waals surface area contributed by atoms with Crippen molar-refractivity contribution >= 4 is 21.6 Å². The summed E-state index contributed by atoms with van der Waals surface area (Å²) in [6.45, 7) is 4.26. The van der Waals surface area contributed by atoms with E-state index in [0.29, 0.717) is 17.5 Å². The zero-order chi connectivity index (χ0) is 16.4. The first-order chi connectivity index (χ1) is 11.0. The summed E-state index contributed by atoms with van der Waals surface area (Å²) < 4.78 is 25.2. The van der Waals surface area contributed by atoms with Gasteiger partial charge in [0.05, 0.1) is 22.9 Å². The maximum absolute atomic E-state index is 11.6. The van der Waals surface area contributed by atoms with Crippen molar-refractivity contribution in [1.82, 2.24) is 14.8 Å². The molecule has 8 heteroatoms. The van der Waals surface area contributed by atoms with E-state index in [1.54, 1.807) is 6.08 Å². The third-order valence-corrected chi connectivity index (χ3v) is 6.81. The van der Waals surface area contributed by atoms with Gasteiger partial charge in [0, 0.05) is 12.1 Å². The number of hydrogen-bond donors (Lipinski definition) is 1. The average Bonchev–Trinajstić information content (AvgIpc) is 3.01. The van der Waals surface area contributed by atoms with Gasteiger partial charge < -0.3 is 5.11 Å². The lowest BCUT2D eigenvalue weighted by Crippen LogP contribution is -2.20. The van der Waals surface area contributed by atoms with Gasteiger partial charge in [-0.15, -0.1) is 16.8 Å². The molecule has 0 unspecified atom stereocenters. The fourth-order valence-corrected chi connectivity index (χ4v) is 6.04. The number of allylic oxidation sites excluding steroid dienone is 1. The smallest absolute Gasteiger partial charge is 0.192 e. The number of sulfone groups is 1. The molecular formula is C15H17N3O3S2. The fraction of sp³-hybridized carbons (Fsp3) is 0.333. The van der Waals surface area contributed by atoms with Crippen molar-refractivity contribution in [1.29, 1.82) is 0 Å². The second-order valence-corrected chi connectivity index (χ2v) is 8.73. The van der Waals surface area contributed by atoms with Crippen molar-refractivity contribution in [2.24, 2.45) is 0 Å². The molecule has 0 saturated carbocycles. The molecule has 1 aromatic carbocycles. The Morgan fingerprint density at radius 2 is 2.04 bits per heavy atom. The SMILES string of the molecule is C=CCn1c(S[C@H]2CS(=O)(=O)C[C@@H]2O)nnc1-c1ccccc1. The first kappa shape index (κ1) is 16.2. The molecule has 0 bridgehead atoms. The molecule has 1 N–H and O–H groups in total. The Balaban J connectivity index is 1.91. The minimum absolute atomic E-state index is 0.0412. The predicted molar refractivity (Wildman–Crippen MR) is 90.0 cm³/mol. The highest BCUT2D eigenvalue weighted by atomic mass is 32.2. The number of rotatable bonds is 5. The molecule has 2 heterocycles. The van der Waals surface area contributed by atoms with Crippen molar-refractivity contribution in [3.8, 4) is 11.4 Å². The van der Waals surface area contributed by atoms with Crippen molar-refractivity contribution < 1.29 is 13.5 Å². The lowest BCUT2D eigenvalue weighted by Gasteiger charge is -2.13. The number of hydrogen-bond acceptors (Lipinski definition) is 6. The molecule has 0 amide bonds. The van der Waals surface area contributed by atoms with Crippen LogP contribution in [0.2, 0.25) is 0 Å². The highest BCUT2D eigenvalue weighted by Crippen LogP contribution is 2.32. The van der Waals surface area contributed by atoms with Crippen LogP contribution in [-0.2, 0) is 16.4 Å². The second kappa shape index (κ2) is 6.46. The van der Waals surface area contributed by atoms with E-state index < -0.39 is 21.2 Å². The molecule has 1 aromatic heterocycles. The summed E-state index contributed by atoms with van der Waals surface area (Å²) in [6.07, 6.45) is 0.862. The van der Waals surface area contributed by atoms with Crippen LogP contribution in [0.5, 0.6) is 0 Å². The first-order valence-corrected chi connectivity index (χ1v) is 9.85. The molecular weight excluding hydrogens is 334 g/mol. The largest absolute Gasteiger partial charge is 0.391 e. The molecule has 1 saturated heterocycles. The standard InChI is InChI=1S/C15H17N3O3S2/c1-2-8-18-14(11-6-4-3-5-7-11)16-17-15(18)22-13-10-23(20,21)9-12(13)19/h2-7,12-13,19H,1,8-10H2/t12-,13-/m0/s1. The number of aromatic nitrogens is 3. The maximum Gasteiger partial charge on any atom is 0.192 e. The van der Waals surface area contributed by atoms with Gasteiger partial charge in [0.15, 0.2) is 20.8 Å². The molecule has 1 fully saturated rings. The molecule has 1 aliphatic heterocycles. The summed E-state index contributed by atoms with van der Waals surface area (Å²) in [5.41, 5.74) is 0.924. The van der Waals surface area contributed by atoms with Crippen molar-refractivity contribution in [2.75, 3.05) is 11.5 Å². The Hall–Kier alpha value is -1.64.